The van der Waals surface area contributed by atoms with E-state index in [0.29, 0.717) is 17.5 Å². The molecule has 0 spiro atoms. The first-order valence-corrected chi connectivity index (χ1v) is 12.2. The summed E-state index contributed by atoms with van der Waals surface area (Å²) in [6, 6.07) is 22.8. The number of hydrogen-bond donors (Lipinski definition) is 2. The fourth-order valence-corrected chi connectivity index (χ4v) is 4.67. The molecule has 2 atom stereocenters. The highest BCUT2D eigenvalue weighted by molar-refractivity contribution is 6.00. The van der Waals surface area contributed by atoms with Crippen molar-refractivity contribution in [2.75, 3.05) is 13.1 Å². The van der Waals surface area contributed by atoms with Crippen molar-refractivity contribution in [1.29, 1.82) is 5.26 Å². The lowest BCUT2D eigenvalue weighted by Gasteiger charge is -2.23. The Morgan fingerprint density at radius 2 is 1.86 bits per heavy atom. The molecule has 35 heavy (non-hydrogen) atoms. The van der Waals surface area contributed by atoms with Crippen LogP contribution in [0.4, 0.5) is 0 Å². The molecule has 1 aliphatic heterocycles. The van der Waals surface area contributed by atoms with E-state index in [0.717, 1.165) is 42.4 Å². The molecule has 3 aromatic carbocycles. The van der Waals surface area contributed by atoms with Crippen LogP contribution in [-0.2, 0) is 11.3 Å². The maximum Gasteiger partial charge on any atom is 0.251 e. The molecule has 1 fully saturated rings. The summed E-state index contributed by atoms with van der Waals surface area (Å²) in [5.74, 6) is -0.108. The van der Waals surface area contributed by atoms with E-state index in [2.05, 4.69) is 35.5 Å². The van der Waals surface area contributed by atoms with Gasteiger partial charge in [0, 0.05) is 31.2 Å². The number of nitrogens with zero attached hydrogens (tertiary/aromatic N) is 2. The number of nitrogens with one attached hydrogen (secondary N) is 2. The largest absolute Gasteiger partial charge is 0.350 e. The van der Waals surface area contributed by atoms with Crippen LogP contribution in [0.25, 0.3) is 10.8 Å². The molecule has 180 valence electrons. The number of rotatable bonds is 8. The van der Waals surface area contributed by atoms with Crippen LogP contribution in [0.3, 0.4) is 0 Å². The first kappa shape index (κ1) is 24.4. The summed E-state index contributed by atoms with van der Waals surface area (Å²) in [7, 11) is 0. The number of hydrogen-bond acceptors (Lipinski definition) is 4. The Morgan fingerprint density at radius 3 is 2.63 bits per heavy atom. The smallest absolute Gasteiger partial charge is 0.251 e. The zero-order valence-corrected chi connectivity index (χ0v) is 20.3. The molecule has 6 nitrogen and oxygen atoms in total. The monoisotopic (exact) mass is 468 g/mol. The first-order chi connectivity index (χ1) is 16.9. The highest BCUT2D eigenvalue weighted by atomic mass is 16.2. The van der Waals surface area contributed by atoms with Crippen molar-refractivity contribution >= 4 is 22.6 Å². The Balaban J connectivity index is 1.36. The molecule has 6 heteroatoms. The summed E-state index contributed by atoms with van der Waals surface area (Å²) >= 11 is 0. The Kier molecular flexibility index (Phi) is 7.79. The molecule has 1 heterocycles. The lowest BCUT2D eigenvalue weighted by molar-refractivity contribution is -0.124. The minimum absolute atomic E-state index is 0.0360. The summed E-state index contributed by atoms with van der Waals surface area (Å²) in [4.78, 5) is 28.5. The minimum atomic E-state index is -0.588. The normalized spacial score (nSPS) is 16.7. The van der Waals surface area contributed by atoms with E-state index in [1.165, 1.54) is 0 Å². The highest BCUT2D eigenvalue weighted by Crippen LogP contribution is 2.17. The van der Waals surface area contributed by atoms with Crippen molar-refractivity contribution in [3.63, 3.8) is 0 Å². The number of carbonyl (C=O) groups excluding carboxylic acids is 2. The molecule has 0 radical (unpaired) electrons. The first-order valence-electron chi connectivity index (χ1n) is 12.2. The van der Waals surface area contributed by atoms with Crippen LogP contribution >= 0.6 is 0 Å². The van der Waals surface area contributed by atoms with Crippen molar-refractivity contribution in [3.8, 4) is 6.07 Å². The molecule has 0 aromatic heterocycles. The molecule has 2 N–H and O–H groups in total. The van der Waals surface area contributed by atoms with Crippen LogP contribution in [0, 0.1) is 17.2 Å². The van der Waals surface area contributed by atoms with E-state index in [1.54, 1.807) is 12.1 Å². The standard InChI is InChI=1S/C29H32N4O2/c1-20(2)14-27(32-28(34)25-11-10-23-8-3-4-9-24(23)16-25)29(35)31-26-12-13-33(19-26)18-22-7-5-6-21(15-22)17-30/h3-11,15-16,20,26-27H,12-14,18-19H2,1-2H3,(H,31,35)(H,32,34)/t26-,27-/m0/s1. The lowest BCUT2D eigenvalue weighted by Crippen LogP contribution is -2.50. The summed E-state index contributed by atoms with van der Waals surface area (Å²) in [6.07, 6.45) is 1.43. The fraction of sp³-hybridized carbons (Fsp3) is 0.345. The molecule has 4 rings (SSSR count). The molecule has 0 bridgehead atoms. The SMILES string of the molecule is CC(C)C[C@H](NC(=O)c1ccc2ccccc2c1)C(=O)N[C@H]1CCN(Cc2cccc(C#N)c2)C1. The van der Waals surface area contributed by atoms with Gasteiger partial charge in [0.2, 0.25) is 5.91 Å². The maximum atomic E-state index is 13.2. The van der Waals surface area contributed by atoms with Gasteiger partial charge in [-0.15, -0.1) is 0 Å². The van der Waals surface area contributed by atoms with E-state index in [-0.39, 0.29) is 23.8 Å². The third-order valence-corrected chi connectivity index (χ3v) is 6.42. The third-order valence-electron chi connectivity index (χ3n) is 6.42. The Labute approximate surface area is 206 Å². The average Bonchev–Trinajstić information content (AvgIpc) is 3.29. The van der Waals surface area contributed by atoms with Crippen molar-refractivity contribution in [2.45, 2.75) is 45.3 Å². The Bertz CT molecular complexity index is 1250. The van der Waals surface area contributed by atoms with Gasteiger partial charge in [-0.1, -0.05) is 56.3 Å². The number of benzene rings is 3. The van der Waals surface area contributed by atoms with Crippen LogP contribution < -0.4 is 10.6 Å². The van der Waals surface area contributed by atoms with E-state index in [9.17, 15) is 9.59 Å². The van der Waals surface area contributed by atoms with Gasteiger partial charge in [-0.05, 0) is 59.4 Å². The van der Waals surface area contributed by atoms with Gasteiger partial charge in [0.25, 0.3) is 5.91 Å². The van der Waals surface area contributed by atoms with Crippen molar-refractivity contribution in [2.24, 2.45) is 5.92 Å². The van der Waals surface area contributed by atoms with Crippen molar-refractivity contribution < 1.29 is 9.59 Å². The molecule has 1 aliphatic rings. The van der Waals surface area contributed by atoms with Crippen LogP contribution in [0.5, 0.6) is 0 Å². The maximum absolute atomic E-state index is 13.2. The van der Waals surface area contributed by atoms with Gasteiger partial charge >= 0.3 is 0 Å². The van der Waals surface area contributed by atoms with Crippen LogP contribution in [0.2, 0.25) is 0 Å². The molecule has 3 aromatic rings. The molecule has 1 saturated heterocycles. The quantitative estimate of drug-likeness (QED) is 0.518. The zero-order valence-electron chi connectivity index (χ0n) is 20.3. The topological polar surface area (TPSA) is 85.2 Å². The second kappa shape index (κ2) is 11.2. The summed E-state index contributed by atoms with van der Waals surface area (Å²) in [6.45, 7) is 6.47. The summed E-state index contributed by atoms with van der Waals surface area (Å²) < 4.78 is 0. The predicted molar refractivity (Wildman–Crippen MR) is 138 cm³/mol. The third kappa shape index (κ3) is 6.46. The van der Waals surface area contributed by atoms with Crippen LogP contribution in [-0.4, -0.2) is 41.9 Å². The molecule has 0 unspecified atom stereocenters. The van der Waals surface area contributed by atoms with Gasteiger partial charge in [-0.3, -0.25) is 14.5 Å². The predicted octanol–water partition coefficient (Wildman–Crippen LogP) is 4.25. The van der Waals surface area contributed by atoms with Gasteiger partial charge in [0.1, 0.15) is 6.04 Å². The van der Waals surface area contributed by atoms with Gasteiger partial charge in [-0.25, -0.2) is 0 Å². The van der Waals surface area contributed by atoms with Crippen molar-refractivity contribution in [3.05, 3.63) is 83.4 Å². The van der Waals surface area contributed by atoms with Crippen LogP contribution in [0.1, 0.15) is 48.2 Å². The van der Waals surface area contributed by atoms with Gasteiger partial charge in [-0.2, -0.15) is 5.26 Å². The van der Waals surface area contributed by atoms with Gasteiger partial charge in [0.15, 0.2) is 0 Å². The number of likely N-dealkylation sites (tertiary alicyclic amines) is 1. The van der Waals surface area contributed by atoms with E-state index >= 15 is 0 Å². The Hall–Kier alpha value is -3.69. The number of amides is 2. The molecule has 2 amide bonds. The van der Waals surface area contributed by atoms with Gasteiger partial charge < -0.3 is 10.6 Å². The molecule has 0 aliphatic carbocycles. The lowest BCUT2D eigenvalue weighted by atomic mass is 10.0. The highest BCUT2D eigenvalue weighted by Gasteiger charge is 2.28. The second-order valence-corrected chi connectivity index (χ2v) is 9.76. The number of carbonyl (C=O) groups is 2. The van der Waals surface area contributed by atoms with Crippen LogP contribution in [0.15, 0.2) is 66.7 Å². The Morgan fingerprint density at radius 1 is 1.06 bits per heavy atom. The average molecular weight is 469 g/mol. The number of nitriles is 1. The molecular weight excluding hydrogens is 436 g/mol. The summed E-state index contributed by atoms with van der Waals surface area (Å²) in [5.41, 5.74) is 2.30. The zero-order chi connectivity index (χ0) is 24.8. The molecular formula is C29H32N4O2. The second-order valence-electron chi connectivity index (χ2n) is 9.76. The van der Waals surface area contributed by atoms with Gasteiger partial charge in [0.05, 0.1) is 11.6 Å². The minimum Gasteiger partial charge on any atom is -0.350 e. The van der Waals surface area contributed by atoms with Crippen molar-refractivity contribution in [1.82, 2.24) is 15.5 Å². The molecule has 0 saturated carbocycles. The van der Waals surface area contributed by atoms with E-state index in [1.807, 2.05) is 54.6 Å². The van der Waals surface area contributed by atoms with E-state index < -0.39 is 6.04 Å². The number of fused-ring (bicyclic) bond motifs is 1. The summed E-state index contributed by atoms with van der Waals surface area (Å²) in [5, 5.41) is 17.3. The fourth-order valence-electron chi connectivity index (χ4n) is 4.67. The van der Waals surface area contributed by atoms with E-state index in [4.69, 9.17) is 5.26 Å².